The van der Waals surface area contributed by atoms with Crippen molar-refractivity contribution in [2.24, 2.45) is 0 Å². The largest absolute Gasteiger partial charge is 0.301 e. The third-order valence-corrected chi connectivity index (χ3v) is 6.18. The van der Waals surface area contributed by atoms with Gasteiger partial charge in [0.15, 0.2) is 5.13 Å². The highest BCUT2D eigenvalue weighted by atomic mass is 32.1. The van der Waals surface area contributed by atoms with E-state index >= 15 is 0 Å². The molecule has 24 heavy (non-hydrogen) atoms. The molecule has 124 valence electrons. The first kappa shape index (κ1) is 15.7. The molecular formula is C17H18N4OS2. The molecule has 3 aromatic rings. The maximum Gasteiger partial charge on any atom is 0.240 e. The van der Waals surface area contributed by atoms with E-state index in [2.05, 4.69) is 33.4 Å². The Kier molecular flexibility index (Phi) is 4.55. The van der Waals surface area contributed by atoms with E-state index in [4.69, 9.17) is 4.98 Å². The fourth-order valence-corrected chi connectivity index (χ4v) is 4.73. The zero-order valence-electron chi connectivity index (χ0n) is 13.1. The zero-order valence-corrected chi connectivity index (χ0v) is 14.8. The number of thiazole rings is 2. The second-order valence-corrected chi connectivity index (χ2v) is 7.91. The minimum atomic E-state index is 0.0170. The summed E-state index contributed by atoms with van der Waals surface area (Å²) in [5.74, 6) is 0.532. The molecule has 0 unspecified atom stereocenters. The van der Waals surface area contributed by atoms with E-state index in [9.17, 15) is 4.79 Å². The van der Waals surface area contributed by atoms with Gasteiger partial charge in [-0.2, -0.15) is 0 Å². The normalized spacial score (nSPS) is 16.5. The van der Waals surface area contributed by atoms with Crippen molar-refractivity contribution in [2.45, 2.75) is 18.8 Å². The second kappa shape index (κ2) is 6.96. The first-order valence-corrected chi connectivity index (χ1v) is 9.75. The molecule has 1 aliphatic heterocycles. The van der Waals surface area contributed by atoms with Crippen molar-refractivity contribution >= 4 is 43.9 Å². The molecule has 0 spiro atoms. The van der Waals surface area contributed by atoms with E-state index < -0.39 is 0 Å². The van der Waals surface area contributed by atoms with Crippen molar-refractivity contribution in [3.63, 3.8) is 0 Å². The molecule has 0 radical (unpaired) electrons. The molecule has 1 amide bonds. The van der Waals surface area contributed by atoms with Crippen LogP contribution >= 0.6 is 22.7 Å². The van der Waals surface area contributed by atoms with Gasteiger partial charge < -0.3 is 5.32 Å². The number of nitrogens with zero attached hydrogens (tertiary/aromatic N) is 3. The molecule has 0 aliphatic carbocycles. The van der Waals surface area contributed by atoms with Crippen LogP contribution in [0.4, 0.5) is 5.13 Å². The summed E-state index contributed by atoms with van der Waals surface area (Å²) in [6.07, 6.45) is 3.82. The molecular weight excluding hydrogens is 340 g/mol. The molecule has 2 aromatic heterocycles. The Labute approximate surface area is 148 Å². The predicted octanol–water partition coefficient (Wildman–Crippen LogP) is 3.57. The van der Waals surface area contributed by atoms with Gasteiger partial charge in [-0.05, 0) is 38.1 Å². The number of likely N-dealkylation sites (tertiary alicyclic amines) is 1. The number of hydrogen-bond acceptors (Lipinski definition) is 6. The Hall–Kier alpha value is -1.83. The smallest absolute Gasteiger partial charge is 0.240 e. The molecule has 3 heterocycles. The molecule has 1 saturated heterocycles. The Morgan fingerprint density at radius 3 is 2.88 bits per heavy atom. The molecule has 1 aliphatic rings. The summed E-state index contributed by atoms with van der Waals surface area (Å²) in [5.41, 5.74) is 1.10. The van der Waals surface area contributed by atoms with E-state index in [0.29, 0.717) is 17.6 Å². The highest BCUT2D eigenvalue weighted by molar-refractivity contribution is 7.18. The molecule has 1 N–H and O–H groups in total. The number of para-hydroxylation sites is 1. The Morgan fingerprint density at radius 1 is 1.29 bits per heavy atom. The zero-order chi connectivity index (χ0) is 16.4. The monoisotopic (exact) mass is 358 g/mol. The van der Waals surface area contributed by atoms with Gasteiger partial charge in [0.2, 0.25) is 5.91 Å². The molecule has 5 nitrogen and oxygen atoms in total. The van der Waals surface area contributed by atoms with Crippen molar-refractivity contribution in [3.8, 4) is 0 Å². The van der Waals surface area contributed by atoms with E-state index in [1.807, 2.05) is 11.4 Å². The number of piperidine rings is 1. The lowest BCUT2D eigenvalue weighted by molar-refractivity contribution is -0.117. The minimum absolute atomic E-state index is 0.0170. The Morgan fingerprint density at radius 2 is 2.12 bits per heavy atom. The number of fused-ring (bicyclic) bond motifs is 1. The van der Waals surface area contributed by atoms with E-state index in [1.54, 1.807) is 17.5 Å². The van der Waals surface area contributed by atoms with E-state index in [1.165, 1.54) is 21.0 Å². The average Bonchev–Trinajstić information content (AvgIpc) is 3.24. The highest BCUT2D eigenvalue weighted by Crippen LogP contribution is 2.33. The summed E-state index contributed by atoms with van der Waals surface area (Å²) in [6, 6.07) is 8.31. The van der Waals surface area contributed by atoms with Crippen LogP contribution in [-0.2, 0) is 4.79 Å². The predicted molar refractivity (Wildman–Crippen MR) is 98.8 cm³/mol. The standard InChI is InChI=1S/C17H18N4OS2/c22-15(20-17-18-7-10-23-17)11-21-8-5-12(6-9-21)16-19-13-3-1-2-4-14(13)24-16/h1-4,7,10,12H,5-6,8-9,11H2,(H,18,20,22). The van der Waals surface area contributed by atoms with Gasteiger partial charge >= 0.3 is 0 Å². The number of amides is 1. The van der Waals surface area contributed by atoms with Crippen molar-refractivity contribution in [1.82, 2.24) is 14.9 Å². The van der Waals surface area contributed by atoms with Crippen molar-refractivity contribution in [2.75, 3.05) is 25.0 Å². The topological polar surface area (TPSA) is 58.1 Å². The van der Waals surface area contributed by atoms with Gasteiger partial charge in [0.05, 0.1) is 21.8 Å². The van der Waals surface area contributed by atoms with Crippen LogP contribution in [0.5, 0.6) is 0 Å². The van der Waals surface area contributed by atoms with E-state index in [0.717, 1.165) is 31.4 Å². The number of nitrogens with one attached hydrogen (secondary N) is 1. The third kappa shape index (κ3) is 3.48. The number of carbonyl (C=O) groups is 1. The lowest BCUT2D eigenvalue weighted by Crippen LogP contribution is -2.38. The maximum atomic E-state index is 12.1. The van der Waals surface area contributed by atoms with Crippen LogP contribution in [0.25, 0.3) is 10.2 Å². The number of hydrogen-bond donors (Lipinski definition) is 1. The first-order valence-electron chi connectivity index (χ1n) is 8.05. The first-order chi connectivity index (χ1) is 11.8. The molecule has 0 saturated carbocycles. The maximum absolute atomic E-state index is 12.1. The fourth-order valence-electron chi connectivity index (χ4n) is 3.05. The summed E-state index contributed by atoms with van der Waals surface area (Å²) in [5, 5.41) is 6.62. The van der Waals surface area contributed by atoms with Gasteiger partial charge in [0.25, 0.3) is 0 Å². The second-order valence-electron chi connectivity index (χ2n) is 5.96. The summed E-state index contributed by atoms with van der Waals surface area (Å²) < 4.78 is 1.26. The highest BCUT2D eigenvalue weighted by Gasteiger charge is 2.24. The molecule has 1 aromatic carbocycles. The number of carbonyl (C=O) groups excluding carboxylic acids is 1. The molecule has 7 heteroatoms. The summed E-state index contributed by atoms with van der Waals surface area (Å²) in [4.78, 5) is 23.1. The molecule has 4 rings (SSSR count). The van der Waals surface area contributed by atoms with Gasteiger partial charge in [-0.25, -0.2) is 9.97 Å². The van der Waals surface area contributed by atoms with Gasteiger partial charge in [0.1, 0.15) is 0 Å². The number of aromatic nitrogens is 2. The molecule has 1 fully saturated rings. The number of benzene rings is 1. The van der Waals surface area contributed by atoms with Crippen LogP contribution in [0.3, 0.4) is 0 Å². The number of anilines is 1. The molecule has 0 bridgehead atoms. The van der Waals surface area contributed by atoms with Gasteiger partial charge in [-0.1, -0.05) is 12.1 Å². The lowest BCUT2D eigenvalue weighted by Gasteiger charge is -2.30. The third-order valence-electron chi connectivity index (χ3n) is 4.29. The average molecular weight is 358 g/mol. The Bertz CT molecular complexity index is 789. The van der Waals surface area contributed by atoms with Gasteiger partial charge in [-0.15, -0.1) is 22.7 Å². The van der Waals surface area contributed by atoms with Crippen LogP contribution in [0, 0.1) is 0 Å². The fraction of sp³-hybridized carbons (Fsp3) is 0.353. The van der Waals surface area contributed by atoms with Crippen LogP contribution < -0.4 is 5.32 Å². The van der Waals surface area contributed by atoms with Crippen molar-refractivity contribution in [1.29, 1.82) is 0 Å². The van der Waals surface area contributed by atoms with Crippen molar-refractivity contribution in [3.05, 3.63) is 40.8 Å². The molecule has 0 atom stereocenters. The van der Waals surface area contributed by atoms with Gasteiger partial charge in [-0.3, -0.25) is 9.69 Å². The van der Waals surface area contributed by atoms with Crippen LogP contribution in [0.15, 0.2) is 35.8 Å². The summed E-state index contributed by atoms with van der Waals surface area (Å²) in [6.45, 7) is 2.31. The van der Waals surface area contributed by atoms with Gasteiger partial charge in [0, 0.05) is 17.5 Å². The summed E-state index contributed by atoms with van der Waals surface area (Å²) in [7, 11) is 0. The lowest BCUT2D eigenvalue weighted by atomic mass is 9.97. The van der Waals surface area contributed by atoms with Crippen LogP contribution in [0.2, 0.25) is 0 Å². The van der Waals surface area contributed by atoms with E-state index in [-0.39, 0.29) is 5.91 Å². The van der Waals surface area contributed by atoms with Crippen LogP contribution in [0.1, 0.15) is 23.8 Å². The SMILES string of the molecule is O=C(CN1CCC(c2nc3ccccc3s2)CC1)Nc1nccs1. The van der Waals surface area contributed by atoms with Crippen LogP contribution in [-0.4, -0.2) is 40.4 Å². The quantitative estimate of drug-likeness (QED) is 0.775. The Balaban J connectivity index is 1.32. The van der Waals surface area contributed by atoms with Crippen molar-refractivity contribution < 1.29 is 4.79 Å². The summed E-state index contributed by atoms with van der Waals surface area (Å²) >= 11 is 3.25. The number of rotatable bonds is 4. The minimum Gasteiger partial charge on any atom is -0.301 e.